The van der Waals surface area contributed by atoms with Crippen molar-refractivity contribution in [1.82, 2.24) is 4.98 Å². The Morgan fingerprint density at radius 1 is 1.17 bits per heavy atom. The molecular weight excluding hydrogens is 266 g/mol. The number of carboxylic acid groups (broad SMARTS) is 1. The zero-order valence-corrected chi connectivity index (χ0v) is 11.1. The van der Waals surface area contributed by atoms with Crippen LogP contribution in [0.4, 0.5) is 0 Å². The highest BCUT2D eigenvalue weighted by molar-refractivity contribution is 8.69. The lowest BCUT2D eigenvalue weighted by Gasteiger charge is -2.26. The zero-order valence-electron chi connectivity index (χ0n) is 9.35. The summed E-state index contributed by atoms with van der Waals surface area (Å²) in [6.45, 7) is 0. The Labute approximate surface area is 114 Å². The zero-order chi connectivity index (χ0) is 13.0. The first-order valence-electron chi connectivity index (χ1n) is 5.25. The second kappa shape index (κ2) is 5.46. The summed E-state index contributed by atoms with van der Waals surface area (Å²) in [7, 11) is 0.964. The molecular formula is C13H11NO2S2. The van der Waals surface area contributed by atoms with Crippen LogP contribution in [-0.4, -0.2) is 16.1 Å². The predicted octanol–water partition coefficient (Wildman–Crippen LogP) is 2.99. The number of thiol groups is 1. The summed E-state index contributed by atoms with van der Waals surface area (Å²) in [5.41, 5.74) is 1.11. The van der Waals surface area contributed by atoms with Crippen molar-refractivity contribution >= 4 is 28.4 Å². The minimum absolute atomic E-state index is 0.462. The van der Waals surface area contributed by atoms with Gasteiger partial charge in [0.1, 0.15) is 0 Å². The Kier molecular flexibility index (Phi) is 3.93. The van der Waals surface area contributed by atoms with Crippen molar-refractivity contribution in [3.05, 3.63) is 66.0 Å². The standard InChI is InChI=1S/C13H11NO2S2/c15-12(16)13(18-17,10-6-2-1-3-7-10)11-8-4-5-9-14-11/h1-9,17H,(H,15,16). The molecule has 0 bridgehead atoms. The third kappa shape index (κ3) is 2.11. The van der Waals surface area contributed by atoms with E-state index in [9.17, 15) is 9.90 Å². The molecule has 0 saturated heterocycles. The monoisotopic (exact) mass is 277 g/mol. The number of pyridine rings is 1. The van der Waals surface area contributed by atoms with Gasteiger partial charge in [0.15, 0.2) is 4.75 Å². The van der Waals surface area contributed by atoms with E-state index < -0.39 is 10.7 Å². The molecule has 1 aromatic heterocycles. The highest BCUT2D eigenvalue weighted by Crippen LogP contribution is 2.44. The van der Waals surface area contributed by atoms with E-state index in [4.69, 9.17) is 0 Å². The molecule has 0 radical (unpaired) electrons. The Balaban J connectivity index is 2.65. The van der Waals surface area contributed by atoms with Crippen LogP contribution in [0.3, 0.4) is 0 Å². The van der Waals surface area contributed by atoms with E-state index in [1.165, 1.54) is 0 Å². The van der Waals surface area contributed by atoms with Gasteiger partial charge in [0.2, 0.25) is 0 Å². The van der Waals surface area contributed by atoms with Crippen LogP contribution in [0.5, 0.6) is 0 Å². The number of benzene rings is 1. The topological polar surface area (TPSA) is 50.2 Å². The van der Waals surface area contributed by atoms with E-state index in [-0.39, 0.29) is 0 Å². The fourth-order valence-electron chi connectivity index (χ4n) is 1.76. The average Bonchev–Trinajstić information content (AvgIpc) is 2.42. The highest BCUT2D eigenvalue weighted by atomic mass is 33.1. The second-order valence-electron chi connectivity index (χ2n) is 3.66. The summed E-state index contributed by atoms with van der Waals surface area (Å²) in [6.07, 6.45) is 1.58. The normalized spacial score (nSPS) is 13.8. The highest BCUT2D eigenvalue weighted by Gasteiger charge is 2.43. The first-order valence-corrected chi connectivity index (χ1v) is 7.11. The average molecular weight is 277 g/mol. The summed E-state index contributed by atoms with van der Waals surface area (Å²) >= 11 is 4.16. The molecule has 5 heteroatoms. The fraction of sp³-hybridized carbons (Fsp3) is 0.0769. The quantitative estimate of drug-likeness (QED) is 0.666. The maximum absolute atomic E-state index is 11.7. The van der Waals surface area contributed by atoms with Crippen molar-refractivity contribution in [3.8, 4) is 0 Å². The summed E-state index contributed by atoms with van der Waals surface area (Å²) < 4.78 is -1.29. The molecule has 1 aromatic carbocycles. The van der Waals surface area contributed by atoms with Crippen molar-refractivity contribution in [2.75, 3.05) is 0 Å². The third-order valence-corrected chi connectivity index (χ3v) is 4.36. The van der Waals surface area contributed by atoms with E-state index >= 15 is 0 Å². The SMILES string of the molecule is O=C(O)C(SS)(c1ccccc1)c1ccccn1. The van der Waals surface area contributed by atoms with Crippen LogP contribution in [0.25, 0.3) is 0 Å². The van der Waals surface area contributed by atoms with Crippen LogP contribution >= 0.6 is 22.5 Å². The Hall–Kier alpha value is -1.46. The van der Waals surface area contributed by atoms with E-state index in [1.807, 2.05) is 6.07 Å². The lowest BCUT2D eigenvalue weighted by molar-refractivity contribution is -0.139. The van der Waals surface area contributed by atoms with Crippen LogP contribution in [0, 0.1) is 0 Å². The number of nitrogens with zero attached hydrogens (tertiary/aromatic N) is 1. The van der Waals surface area contributed by atoms with Gasteiger partial charge in [0.05, 0.1) is 5.69 Å². The molecule has 18 heavy (non-hydrogen) atoms. The molecule has 2 aromatic rings. The molecule has 0 fully saturated rings. The van der Waals surface area contributed by atoms with Gasteiger partial charge in [-0.3, -0.25) is 4.98 Å². The summed E-state index contributed by atoms with van der Waals surface area (Å²) in [4.78, 5) is 15.9. The number of hydrogen-bond acceptors (Lipinski definition) is 4. The van der Waals surface area contributed by atoms with Gasteiger partial charge in [-0.25, -0.2) is 4.79 Å². The van der Waals surface area contributed by atoms with Gasteiger partial charge in [-0.05, 0) is 17.7 Å². The van der Waals surface area contributed by atoms with E-state index in [0.717, 1.165) is 10.8 Å². The molecule has 0 spiro atoms. The summed E-state index contributed by atoms with van der Waals surface area (Å²) in [5.74, 6) is -0.979. The Morgan fingerprint density at radius 2 is 1.83 bits per heavy atom. The molecule has 3 nitrogen and oxygen atoms in total. The van der Waals surface area contributed by atoms with Gasteiger partial charge < -0.3 is 5.11 Å². The summed E-state index contributed by atoms with van der Waals surface area (Å²) in [6, 6.07) is 14.2. The van der Waals surface area contributed by atoms with Crippen molar-refractivity contribution in [2.45, 2.75) is 4.75 Å². The molecule has 2 rings (SSSR count). The van der Waals surface area contributed by atoms with E-state index in [2.05, 4.69) is 16.6 Å². The van der Waals surface area contributed by atoms with Gasteiger partial charge in [-0.15, -0.1) is 11.7 Å². The summed E-state index contributed by atoms with van der Waals surface area (Å²) in [5, 5.41) is 9.62. The maximum Gasteiger partial charge on any atom is 0.331 e. The number of rotatable bonds is 4. The lowest BCUT2D eigenvalue weighted by atomic mass is 9.94. The van der Waals surface area contributed by atoms with E-state index in [1.54, 1.807) is 48.7 Å². The molecule has 0 aliphatic rings. The third-order valence-electron chi connectivity index (χ3n) is 2.64. The van der Waals surface area contributed by atoms with Gasteiger partial charge in [0.25, 0.3) is 0 Å². The lowest BCUT2D eigenvalue weighted by Crippen LogP contribution is -2.33. The molecule has 1 N–H and O–H groups in total. The van der Waals surface area contributed by atoms with Gasteiger partial charge in [-0.1, -0.05) is 47.2 Å². The Bertz CT molecular complexity index is 492. The van der Waals surface area contributed by atoms with Crippen molar-refractivity contribution < 1.29 is 9.90 Å². The first kappa shape index (κ1) is 13.0. The number of aromatic nitrogens is 1. The molecule has 0 aliphatic heterocycles. The fourth-order valence-corrected chi connectivity index (χ4v) is 3.13. The van der Waals surface area contributed by atoms with Crippen LogP contribution in [0.2, 0.25) is 0 Å². The van der Waals surface area contributed by atoms with Crippen LogP contribution in [0.15, 0.2) is 54.7 Å². The van der Waals surface area contributed by atoms with E-state index in [0.29, 0.717) is 11.3 Å². The first-order chi connectivity index (χ1) is 8.71. The minimum atomic E-state index is -1.29. The molecule has 1 heterocycles. The van der Waals surface area contributed by atoms with Crippen LogP contribution in [-0.2, 0) is 9.54 Å². The number of carboxylic acids is 1. The van der Waals surface area contributed by atoms with Crippen LogP contribution < -0.4 is 0 Å². The van der Waals surface area contributed by atoms with Crippen molar-refractivity contribution in [1.29, 1.82) is 0 Å². The molecule has 0 amide bonds. The Morgan fingerprint density at radius 3 is 2.33 bits per heavy atom. The molecule has 0 aliphatic carbocycles. The van der Waals surface area contributed by atoms with Crippen LogP contribution in [0.1, 0.15) is 11.3 Å². The maximum atomic E-state index is 11.7. The molecule has 1 unspecified atom stereocenters. The molecule has 92 valence electrons. The smallest absolute Gasteiger partial charge is 0.331 e. The van der Waals surface area contributed by atoms with Crippen molar-refractivity contribution in [3.63, 3.8) is 0 Å². The second-order valence-corrected chi connectivity index (χ2v) is 5.00. The largest absolute Gasteiger partial charge is 0.480 e. The van der Waals surface area contributed by atoms with Gasteiger partial charge in [0, 0.05) is 6.20 Å². The van der Waals surface area contributed by atoms with Gasteiger partial charge >= 0.3 is 5.97 Å². The number of hydrogen-bond donors (Lipinski definition) is 2. The van der Waals surface area contributed by atoms with Crippen molar-refractivity contribution in [2.24, 2.45) is 0 Å². The number of carbonyl (C=O) groups is 1. The predicted molar refractivity (Wildman–Crippen MR) is 75.7 cm³/mol. The minimum Gasteiger partial charge on any atom is -0.480 e. The number of aliphatic carboxylic acids is 1. The molecule has 1 atom stereocenters. The van der Waals surface area contributed by atoms with Gasteiger partial charge in [-0.2, -0.15) is 0 Å². The molecule has 0 saturated carbocycles.